The molecule has 142 valence electrons. The van der Waals surface area contributed by atoms with Gasteiger partial charge in [0.1, 0.15) is 5.52 Å². The molecule has 2 N–H and O–H groups in total. The van der Waals surface area contributed by atoms with Crippen LogP contribution in [0.15, 0.2) is 71.9 Å². The lowest BCUT2D eigenvalue weighted by Crippen LogP contribution is -2.22. The molecule has 0 unspecified atom stereocenters. The van der Waals surface area contributed by atoms with Gasteiger partial charge >= 0.3 is 0 Å². The SMILES string of the molecule is C[C@H](Sc1nnc2c(n1)[nH]c1ccccc12)C(=O)Nc1ccc2ccccc2c1. The number of H-pyrrole nitrogens is 1. The van der Waals surface area contributed by atoms with E-state index in [0.717, 1.165) is 32.9 Å². The molecule has 0 fully saturated rings. The van der Waals surface area contributed by atoms with Gasteiger partial charge in [-0.3, -0.25) is 4.79 Å². The first kappa shape index (κ1) is 17.6. The summed E-state index contributed by atoms with van der Waals surface area (Å²) in [6.07, 6.45) is 0. The van der Waals surface area contributed by atoms with Crippen molar-refractivity contribution in [3.63, 3.8) is 0 Å². The summed E-state index contributed by atoms with van der Waals surface area (Å²) in [5.41, 5.74) is 3.14. The minimum Gasteiger partial charge on any atom is -0.338 e. The fraction of sp³-hybridized carbons (Fsp3) is 0.0909. The molecule has 6 nitrogen and oxygen atoms in total. The van der Waals surface area contributed by atoms with Gasteiger partial charge in [-0.05, 0) is 35.9 Å². The highest BCUT2D eigenvalue weighted by molar-refractivity contribution is 8.00. The van der Waals surface area contributed by atoms with Gasteiger partial charge in [0, 0.05) is 16.6 Å². The van der Waals surface area contributed by atoms with Gasteiger partial charge in [-0.25, -0.2) is 4.98 Å². The first-order valence-corrected chi connectivity index (χ1v) is 10.1. The van der Waals surface area contributed by atoms with Crippen LogP contribution in [0.2, 0.25) is 0 Å². The van der Waals surface area contributed by atoms with E-state index < -0.39 is 0 Å². The van der Waals surface area contributed by atoms with Crippen molar-refractivity contribution in [3.8, 4) is 0 Å². The summed E-state index contributed by atoms with van der Waals surface area (Å²) in [6, 6.07) is 21.8. The number of aromatic amines is 1. The summed E-state index contributed by atoms with van der Waals surface area (Å²) in [4.78, 5) is 20.4. The van der Waals surface area contributed by atoms with E-state index in [4.69, 9.17) is 0 Å². The van der Waals surface area contributed by atoms with Crippen molar-refractivity contribution in [2.45, 2.75) is 17.3 Å². The molecule has 0 aliphatic carbocycles. The van der Waals surface area contributed by atoms with E-state index in [9.17, 15) is 4.79 Å². The number of amides is 1. The molecule has 5 aromatic rings. The number of nitrogens with zero attached hydrogens (tertiary/aromatic N) is 3. The van der Waals surface area contributed by atoms with Gasteiger partial charge in [0.25, 0.3) is 0 Å². The number of thioether (sulfide) groups is 1. The number of anilines is 1. The Hall–Kier alpha value is -3.45. The van der Waals surface area contributed by atoms with E-state index in [-0.39, 0.29) is 11.2 Å². The molecule has 0 saturated heterocycles. The number of aromatic nitrogens is 4. The number of fused-ring (bicyclic) bond motifs is 4. The molecule has 0 aliphatic heterocycles. The third-order valence-electron chi connectivity index (χ3n) is 4.77. The fourth-order valence-corrected chi connectivity index (χ4v) is 3.99. The van der Waals surface area contributed by atoms with E-state index in [0.29, 0.717) is 10.8 Å². The molecule has 0 spiro atoms. The highest BCUT2D eigenvalue weighted by Gasteiger charge is 2.18. The molecule has 2 heterocycles. The van der Waals surface area contributed by atoms with Gasteiger partial charge in [0.15, 0.2) is 5.65 Å². The largest absolute Gasteiger partial charge is 0.338 e. The maximum atomic E-state index is 12.6. The van der Waals surface area contributed by atoms with E-state index in [1.54, 1.807) is 0 Å². The summed E-state index contributed by atoms with van der Waals surface area (Å²) < 4.78 is 0. The average Bonchev–Trinajstić information content (AvgIpc) is 3.11. The minimum absolute atomic E-state index is 0.106. The maximum Gasteiger partial charge on any atom is 0.237 e. The van der Waals surface area contributed by atoms with Gasteiger partial charge in [-0.2, -0.15) is 0 Å². The lowest BCUT2D eigenvalue weighted by Gasteiger charge is -2.11. The zero-order valence-corrected chi connectivity index (χ0v) is 16.4. The Labute approximate surface area is 170 Å². The standard InChI is InChI=1S/C22H17N5OS/c1-13(21(28)23-16-11-10-14-6-2-3-7-15(14)12-16)29-22-25-20-19(26-27-22)17-8-4-5-9-18(17)24-20/h2-13H,1H3,(H,23,28)(H,24,25,27)/t13-/m0/s1. The number of carbonyl (C=O) groups is 1. The third kappa shape index (κ3) is 3.40. The number of benzene rings is 3. The predicted molar refractivity (Wildman–Crippen MR) is 117 cm³/mol. The molecular formula is C22H17N5OS. The summed E-state index contributed by atoms with van der Waals surface area (Å²) in [6.45, 7) is 1.83. The number of hydrogen-bond acceptors (Lipinski definition) is 5. The quantitative estimate of drug-likeness (QED) is 0.425. The van der Waals surface area contributed by atoms with Crippen molar-refractivity contribution in [1.29, 1.82) is 0 Å². The summed E-state index contributed by atoms with van der Waals surface area (Å²) in [5.74, 6) is -0.106. The molecular weight excluding hydrogens is 382 g/mol. The predicted octanol–water partition coefficient (Wildman–Crippen LogP) is 4.78. The van der Waals surface area contributed by atoms with Gasteiger partial charge in [0.05, 0.1) is 5.25 Å². The lowest BCUT2D eigenvalue weighted by atomic mass is 10.1. The topological polar surface area (TPSA) is 83.6 Å². The van der Waals surface area contributed by atoms with Crippen LogP contribution < -0.4 is 5.32 Å². The third-order valence-corrected chi connectivity index (χ3v) is 5.72. The van der Waals surface area contributed by atoms with Crippen LogP contribution in [0, 0.1) is 0 Å². The Bertz CT molecular complexity index is 1360. The molecule has 1 atom stereocenters. The zero-order chi connectivity index (χ0) is 19.8. The van der Waals surface area contributed by atoms with Crippen molar-refractivity contribution < 1.29 is 4.79 Å². The van der Waals surface area contributed by atoms with Gasteiger partial charge in [0.2, 0.25) is 11.1 Å². The molecule has 0 bridgehead atoms. The summed E-state index contributed by atoms with van der Waals surface area (Å²) in [7, 11) is 0. The van der Waals surface area contributed by atoms with Crippen molar-refractivity contribution in [2.24, 2.45) is 0 Å². The number of hydrogen-bond donors (Lipinski definition) is 2. The maximum absolute atomic E-state index is 12.6. The smallest absolute Gasteiger partial charge is 0.237 e. The van der Waals surface area contributed by atoms with Crippen LogP contribution >= 0.6 is 11.8 Å². The highest BCUT2D eigenvalue weighted by Crippen LogP contribution is 2.26. The van der Waals surface area contributed by atoms with E-state index in [2.05, 4.69) is 25.5 Å². The Balaban J connectivity index is 1.33. The monoisotopic (exact) mass is 399 g/mol. The normalized spacial score (nSPS) is 12.4. The molecule has 0 aliphatic rings. The second-order valence-corrected chi connectivity index (χ2v) is 8.08. The zero-order valence-electron chi connectivity index (χ0n) is 15.6. The van der Waals surface area contributed by atoms with Crippen LogP contribution in [0.5, 0.6) is 0 Å². The van der Waals surface area contributed by atoms with Gasteiger partial charge < -0.3 is 10.3 Å². The van der Waals surface area contributed by atoms with Crippen molar-refractivity contribution in [3.05, 3.63) is 66.7 Å². The summed E-state index contributed by atoms with van der Waals surface area (Å²) >= 11 is 1.28. The first-order valence-electron chi connectivity index (χ1n) is 9.25. The van der Waals surface area contributed by atoms with Crippen molar-refractivity contribution in [1.82, 2.24) is 20.2 Å². The first-order chi connectivity index (χ1) is 14.2. The summed E-state index contributed by atoms with van der Waals surface area (Å²) in [5, 5.41) is 14.8. The fourth-order valence-electron chi connectivity index (χ4n) is 3.28. The molecule has 29 heavy (non-hydrogen) atoms. The van der Waals surface area contributed by atoms with Gasteiger partial charge in [-0.1, -0.05) is 60.3 Å². The number of carbonyl (C=O) groups excluding carboxylic acids is 1. The Kier molecular flexibility index (Phi) is 4.37. The Morgan fingerprint density at radius 2 is 1.79 bits per heavy atom. The number of para-hydroxylation sites is 1. The molecule has 3 aromatic carbocycles. The van der Waals surface area contributed by atoms with Crippen LogP contribution in [0.1, 0.15) is 6.92 Å². The van der Waals surface area contributed by atoms with Crippen molar-refractivity contribution in [2.75, 3.05) is 5.32 Å². The van der Waals surface area contributed by atoms with E-state index in [1.807, 2.05) is 73.7 Å². The Morgan fingerprint density at radius 3 is 2.69 bits per heavy atom. The molecule has 0 radical (unpaired) electrons. The van der Waals surface area contributed by atoms with Gasteiger partial charge in [-0.15, -0.1) is 10.2 Å². The van der Waals surface area contributed by atoms with Crippen LogP contribution in [0.3, 0.4) is 0 Å². The van der Waals surface area contributed by atoms with Crippen LogP contribution in [-0.2, 0) is 4.79 Å². The lowest BCUT2D eigenvalue weighted by molar-refractivity contribution is -0.115. The molecule has 0 saturated carbocycles. The number of rotatable bonds is 4. The van der Waals surface area contributed by atoms with Crippen LogP contribution in [0.25, 0.3) is 32.8 Å². The Morgan fingerprint density at radius 1 is 1.00 bits per heavy atom. The van der Waals surface area contributed by atoms with Crippen LogP contribution in [-0.4, -0.2) is 31.3 Å². The molecule has 1 amide bonds. The van der Waals surface area contributed by atoms with Crippen LogP contribution in [0.4, 0.5) is 5.69 Å². The van der Waals surface area contributed by atoms with Crippen molar-refractivity contribution >= 4 is 56.2 Å². The average molecular weight is 399 g/mol. The van der Waals surface area contributed by atoms with E-state index >= 15 is 0 Å². The highest BCUT2D eigenvalue weighted by atomic mass is 32.2. The molecule has 2 aromatic heterocycles. The number of nitrogens with one attached hydrogen (secondary N) is 2. The second kappa shape index (κ2) is 7.18. The van der Waals surface area contributed by atoms with E-state index in [1.165, 1.54) is 11.8 Å². The second-order valence-electron chi connectivity index (χ2n) is 6.77. The minimum atomic E-state index is -0.370. The molecule has 5 rings (SSSR count). The molecule has 7 heteroatoms.